The maximum Gasteiger partial charge on any atom is 0.0420 e. The van der Waals surface area contributed by atoms with E-state index in [2.05, 4.69) is 6.58 Å². The van der Waals surface area contributed by atoms with Gasteiger partial charge in [-0.3, -0.25) is 0 Å². The minimum atomic E-state index is -0.971. The van der Waals surface area contributed by atoms with E-state index in [9.17, 15) is 9.90 Å². The molecule has 2 heteroatoms. The van der Waals surface area contributed by atoms with Crippen LogP contribution in [0.2, 0.25) is 0 Å². The largest absolute Gasteiger partial charge is 0.550 e. The SMILES string of the molecule is C=CC/C=C/C(CCC)CC(=O)[O-]. The van der Waals surface area contributed by atoms with Gasteiger partial charge in [-0.05, 0) is 25.2 Å². The van der Waals surface area contributed by atoms with Crippen LogP contribution in [0.5, 0.6) is 0 Å². The van der Waals surface area contributed by atoms with Crippen molar-refractivity contribution in [2.45, 2.75) is 32.6 Å². The molecule has 2 nitrogen and oxygen atoms in total. The van der Waals surface area contributed by atoms with Crippen LogP contribution in [0.1, 0.15) is 32.6 Å². The predicted octanol–water partition coefficient (Wildman–Crippen LogP) is 1.67. The highest BCUT2D eigenvalue weighted by Gasteiger charge is 2.02. The highest BCUT2D eigenvalue weighted by molar-refractivity contribution is 5.64. The molecule has 0 radical (unpaired) electrons. The summed E-state index contributed by atoms with van der Waals surface area (Å²) in [6.45, 7) is 5.63. The van der Waals surface area contributed by atoms with Gasteiger partial charge in [-0.25, -0.2) is 0 Å². The fourth-order valence-corrected chi connectivity index (χ4v) is 1.22. The zero-order valence-electron chi connectivity index (χ0n) is 8.16. The third-order valence-corrected chi connectivity index (χ3v) is 1.80. The topological polar surface area (TPSA) is 40.1 Å². The Hall–Kier alpha value is -1.05. The van der Waals surface area contributed by atoms with Gasteiger partial charge in [0.15, 0.2) is 0 Å². The van der Waals surface area contributed by atoms with Crippen molar-refractivity contribution in [2.24, 2.45) is 5.92 Å². The standard InChI is InChI=1S/C11H18O2/c1-3-5-6-8-10(7-4-2)9-11(12)13/h3,6,8,10H,1,4-5,7,9H2,2H3,(H,12,13)/p-1/b8-6+. The average molecular weight is 181 g/mol. The molecule has 0 aromatic carbocycles. The van der Waals surface area contributed by atoms with Crippen LogP contribution in [0.15, 0.2) is 24.8 Å². The smallest absolute Gasteiger partial charge is 0.0420 e. The van der Waals surface area contributed by atoms with Gasteiger partial charge in [0.1, 0.15) is 0 Å². The summed E-state index contributed by atoms with van der Waals surface area (Å²) in [4.78, 5) is 10.4. The van der Waals surface area contributed by atoms with Crippen LogP contribution < -0.4 is 5.11 Å². The second-order valence-corrected chi connectivity index (χ2v) is 3.08. The van der Waals surface area contributed by atoms with Gasteiger partial charge in [-0.15, -0.1) is 6.58 Å². The van der Waals surface area contributed by atoms with Gasteiger partial charge >= 0.3 is 0 Å². The zero-order valence-corrected chi connectivity index (χ0v) is 8.16. The normalized spacial score (nSPS) is 13.0. The van der Waals surface area contributed by atoms with Gasteiger partial charge in [-0.2, -0.15) is 0 Å². The van der Waals surface area contributed by atoms with E-state index in [0.717, 1.165) is 19.3 Å². The highest BCUT2D eigenvalue weighted by Crippen LogP contribution is 2.12. The minimum absolute atomic E-state index is 0.120. The molecule has 0 N–H and O–H groups in total. The fraction of sp³-hybridized carbons (Fsp3) is 0.545. The quantitative estimate of drug-likeness (QED) is 0.560. The van der Waals surface area contributed by atoms with Gasteiger partial charge in [0.05, 0.1) is 0 Å². The first kappa shape index (κ1) is 11.9. The van der Waals surface area contributed by atoms with Crippen LogP contribution in [0.25, 0.3) is 0 Å². The number of aliphatic carboxylic acids is 1. The van der Waals surface area contributed by atoms with Gasteiger partial charge in [0.2, 0.25) is 0 Å². The van der Waals surface area contributed by atoms with Crippen LogP contribution in [0.3, 0.4) is 0 Å². The maximum absolute atomic E-state index is 10.4. The molecule has 0 aromatic rings. The summed E-state index contributed by atoms with van der Waals surface area (Å²) in [7, 11) is 0. The molecule has 0 fully saturated rings. The first-order valence-electron chi connectivity index (χ1n) is 4.68. The molecule has 0 heterocycles. The summed E-state index contributed by atoms with van der Waals surface area (Å²) >= 11 is 0. The third kappa shape index (κ3) is 7.32. The fourth-order valence-electron chi connectivity index (χ4n) is 1.22. The molecule has 0 bridgehead atoms. The molecule has 0 aromatic heterocycles. The lowest BCUT2D eigenvalue weighted by molar-refractivity contribution is -0.306. The van der Waals surface area contributed by atoms with Gasteiger partial charge in [-0.1, -0.05) is 31.6 Å². The van der Waals surface area contributed by atoms with Crippen molar-refractivity contribution in [3.8, 4) is 0 Å². The summed E-state index contributed by atoms with van der Waals surface area (Å²) in [5, 5.41) is 10.4. The van der Waals surface area contributed by atoms with Crippen molar-refractivity contribution in [3.05, 3.63) is 24.8 Å². The van der Waals surface area contributed by atoms with E-state index in [1.54, 1.807) is 6.08 Å². The first-order chi connectivity index (χ1) is 6.20. The number of hydrogen-bond donors (Lipinski definition) is 0. The Bertz CT molecular complexity index is 183. The summed E-state index contributed by atoms with van der Waals surface area (Å²) in [6, 6.07) is 0. The van der Waals surface area contributed by atoms with Crippen molar-refractivity contribution in [3.63, 3.8) is 0 Å². The van der Waals surface area contributed by atoms with E-state index in [1.807, 2.05) is 19.1 Å². The number of carboxylic acids is 1. The van der Waals surface area contributed by atoms with E-state index in [-0.39, 0.29) is 12.3 Å². The van der Waals surface area contributed by atoms with Gasteiger partial charge in [0, 0.05) is 5.97 Å². The number of allylic oxidation sites excluding steroid dienone is 3. The summed E-state index contributed by atoms with van der Waals surface area (Å²) in [5.41, 5.74) is 0. The number of carboxylic acid groups (broad SMARTS) is 1. The summed E-state index contributed by atoms with van der Waals surface area (Å²) < 4.78 is 0. The molecule has 0 amide bonds. The highest BCUT2D eigenvalue weighted by atomic mass is 16.4. The van der Waals surface area contributed by atoms with E-state index >= 15 is 0 Å². The number of hydrogen-bond acceptors (Lipinski definition) is 2. The van der Waals surface area contributed by atoms with Crippen molar-refractivity contribution in [1.82, 2.24) is 0 Å². The molecule has 0 saturated carbocycles. The van der Waals surface area contributed by atoms with E-state index in [1.165, 1.54) is 0 Å². The first-order valence-corrected chi connectivity index (χ1v) is 4.68. The Balaban J connectivity index is 3.92. The van der Waals surface area contributed by atoms with Crippen LogP contribution in [0, 0.1) is 5.92 Å². The number of carbonyl (C=O) groups excluding carboxylic acids is 1. The van der Waals surface area contributed by atoms with Crippen molar-refractivity contribution >= 4 is 5.97 Å². The van der Waals surface area contributed by atoms with Crippen molar-refractivity contribution in [2.75, 3.05) is 0 Å². The average Bonchev–Trinajstić information content (AvgIpc) is 2.04. The second kappa shape index (κ2) is 7.59. The minimum Gasteiger partial charge on any atom is -0.550 e. The van der Waals surface area contributed by atoms with E-state index in [0.29, 0.717) is 0 Å². The lowest BCUT2D eigenvalue weighted by atomic mass is 9.99. The maximum atomic E-state index is 10.4. The lowest BCUT2D eigenvalue weighted by Gasteiger charge is -2.11. The summed E-state index contributed by atoms with van der Waals surface area (Å²) in [5.74, 6) is -0.850. The van der Waals surface area contributed by atoms with Crippen LogP contribution in [-0.4, -0.2) is 5.97 Å². The molecule has 0 saturated heterocycles. The molecule has 1 atom stereocenters. The van der Waals surface area contributed by atoms with Crippen molar-refractivity contribution in [1.29, 1.82) is 0 Å². The molecule has 0 rings (SSSR count). The molecule has 74 valence electrons. The van der Waals surface area contributed by atoms with E-state index < -0.39 is 5.97 Å². The number of rotatable bonds is 7. The van der Waals surface area contributed by atoms with Crippen LogP contribution in [-0.2, 0) is 4.79 Å². The van der Waals surface area contributed by atoms with Crippen LogP contribution >= 0.6 is 0 Å². The van der Waals surface area contributed by atoms with Gasteiger partial charge < -0.3 is 9.90 Å². The lowest BCUT2D eigenvalue weighted by Crippen LogP contribution is -2.24. The Labute approximate surface area is 80.0 Å². The second-order valence-electron chi connectivity index (χ2n) is 3.08. The molecule has 0 spiro atoms. The molecule has 0 aliphatic heterocycles. The third-order valence-electron chi connectivity index (χ3n) is 1.80. The molecular formula is C11H17O2-. The molecule has 13 heavy (non-hydrogen) atoms. The number of carbonyl (C=O) groups is 1. The Morgan fingerprint density at radius 2 is 2.31 bits per heavy atom. The van der Waals surface area contributed by atoms with Crippen molar-refractivity contribution < 1.29 is 9.90 Å². The summed E-state index contributed by atoms with van der Waals surface area (Å²) in [6.07, 6.45) is 8.52. The Kier molecular flexibility index (Phi) is 6.98. The molecule has 0 aliphatic rings. The van der Waals surface area contributed by atoms with E-state index in [4.69, 9.17) is 0 Å². The molecule has 1 unspecified atom stereocenters. The Morgan fingerprint density at radius 3 is 2.77 bits per heavy atom. The van der Waals surface area contributed by atoms with Crippen LogP contribution in [0.4, 0.5) is 0 Å². The zero-order chi connectivity index (χ0) is 10.1. The Morgan fingerprint density at radius 1 is 1.62 bits per heavy atom. The molecule has 0 aliphatic carbocycles. The predicted molar refractivity (Wildman–Crippen MR) is 52.0 cm³/mol. The van der Waals surface area contributed by atoms with Gasteiger partial charge in [0.25, 0.3) is 0 Å². The molecular weight excluding hydrogens is 164 g/mol. The monoisotopic (exact) mass is 181 g/mol.